The highest BCUT2D eigenvalue weighted by molar-refractivity contribution is 6.77. The maximum Gasteiger partial charge on any atom is 0.408 e. The van der Waals surface area contributed by atoms with Gasteiger partial charge in [-0.1, -0.05) is 37.4 Å². The average Bonchev–Trinajstić information content (AvgIpc) is 3.41. The molecule has 48 heavy (non-hydrogen) atoms. The van der Waals surface area contributed by atoms with E-state index in [1.54, 1.807) is 6.20 Å². The van der Waals surface area contributed by atoms with E-state index in [1.807, 2.05) is 45.0 Å². The summed E-state index contributed by atoms with van der Waals surface area (Å²) in [5, 5.41) is 3.17. The molecule has 0 radical (unpaired) electrons. The summed E-state index contributed by atoms with van der Waals surface area (Å²) in [6.07, 6.45) is 4.05. The van der Waals surface area contributed by atoms with Crippen LogP contribution < -0.4 is 16.0 Å². The molecule has 0 bridgehead atoms. The lowest BCUT2D eigenvalue weighted by Gasteiger charge is -2.43. The highest BCUT2D eigenvalue weighted by Gasteiger charge is 2.41. The SMILES string of the molecule is CC(C)(C)OC(=O)NC1(c2ccc(-n3c(-c4cccnc4N)nc4ccc(-c5cccc(N6CC[Si](C)(C)CC6)c5)nc43)cc2)CCC1. The summed E-state index contributed by atoms with van der Waals surface area (Å²) >= 11 is 0. The number of rotatable bonds is 6. The van der Waals surface area contributed by atoms with Gasteiger partial charge in [0.2, 0.25) is 0 Å². The molecular formula is C38H45N7O2Si. The number of nitrogen functional groups attached to an aromatic ring is 1. The van der Waals surface area contributed by atoms with Gasteiger partial charge in [0.1, 0.15) is 16.9 Å². The molecular weight excluding hydrogens is 615 g/mol. The summed E-state index contributed by atoms with van der Waals surface area (Å²) in [7, 11) is -1.07. The van der Waals surface area contributed by atoms with E-state index in [4.69, 9.17) is 20.4 Å². The number of nitrogens with zero attached hydrogens (tertiary/aromatic N) is 5. The molecule has 7 rings (SSSR count). The van der Waals surface area contributed by atoms with Crippen molar-refractivity contribution in [3.63, 3.8) is 0 Å². The van der Waals surface area contributed by atoms with Gasteiger partial charge in [0.25, 0.3) is 0 Å². The molecule has 0 spiro atoms. The zero-order valence-electron chi connectivity index (χ0n) is 28.6. The standard InChI is InChI=1S/C38H45N7O2Si/c1-37(2,3)47-36(46)43-38(18-8-19-38)27-12-14-28(15-13-27)45-34(30-11-7-20-40-33(30)39)42-32-17-16-31(41-35(32)45)26-9-6-10-29(25-26)44-21-23-48(4,5)24-22-44/h6-7,9-17,20,25H,8,18-19,21-24H2,1-5H3,(H2,39,40)(H,43,46). The van der Waals surface area contributed by atoms with Crippen LogP contribution in [0.3, 0.4) is 0 Å². The van der Waals surface area contributed by atoms with E-state index in [0.717, 1.165) is 71.6 Å². The van der Waals surface area contributed by atoms with Crippen molar-refractivity contribution in [2.24, 2.45) is 0 Å². The Hall–Kier alpha value is -4.70. The Morgan fingerprint density at radius 3 is 2.35 bits per heavy atom. The molecule has 4 heterocycles. The molecule has 1 aliphatic heterocycles. The quantitative estimate of drug-likeness (QED) is 0.177. The highest BCUT2D eigenvalue weighted by Crippen LogP contribution is 2.42. The zero-order valence-corrected chi connectivity index (χ0v) is 29.6. The molecule has 3 aromatic heterocycles. The van der Waals surface area contributed by atoms with Gasteiger partial charge in [0, 0.05) is 36.2 Å². The number of fused-ring (bicyclic) bond motifs is 1. The van der Waals surface area contributed by atoms with Crippen LogP contribution in [0.5, 0.6) is 0 Å². The number of ether oxygens (including phenoxy) is 1. The molecule has 248 valence electrons. The number of carbonyl (C=O) groups excluding carboxylic acids is 1. The normalized spacial score (nSPS) is 17.1. The van der Waals surface area contributed by atoms with E-state index in [9.17, 15) is 4.79 Å². The second-order valence-corrected chi connectivity index (χ2v) is 20.4. The minimum Gasteiger partial charge on any atom is -0.444 e. The molecule has 2 aromatic carbocycles. The van der Waals surface area contributed by atoms with Crippen LogP contribution in [-0.4, -0.2) is 52.4 Å². The van der Waals surface area contributed by atoms with Crippen molar-refractivity contribution in [1.29, 1.82) is 0 Å². The Morgan fingerprint density at radius 1 is 0.938 bits per heavy atom. The number of alkyl carbamates (subject to hydrolysis) is 1. The largest absolute Gasteiger partial charge is 0.444 e. The number of amides is 1. The van der Waals surface area contributed by atoms with Gasteiger partial charge in [-0.15, -0.1) is 0 Å². The lowest BCUT2D eigenvalue weighted by atomic mass is 9.72. The molecule has 10 heteroatoms. The van der Waals surface area contributed by atoms with E-state index < -0.39 is 25.3 Å². The number of benzene rings is 2. The van der Waals surface area contributed by atoms with Crippen molar-refractivity contribution in [1.82, 2.24) is 24.8 Å². The first-order chi connectivity index (χ1) is 22.9. The molecule has 5 aromatic rings. The molecule has 2 aliphatic rings. The molecule has 0 atom stereocenters. The fraction of sp³-hybridized carbons (Fsp3) is 0.368. The number of nitrogens with two attached hydrogens (primary N) is 1. The number of carbonyl (C=O) groups is 1. The lowest BCUT2D eigenvalue weighted by Crippen LogP contribution is -2.52. The van der Waals surface area contributed by atoms with Gasteiger partial charge in [-0.05, 0) is 106 Å². The Morgan fingerprint density at radius 2 is 1.69 bits per heavy atom. The molecule has 1 amide bonds. The third kappa shape index (κ3) is 6.28. The topological polar surface area (TPSA) is 111 Å². The van der Waals surface area contributed by atoms with E-state index in [1.165, 1.54) is 17.8 Å². The molecule has 2 fully saturated rings. The zero-order chi connectivity index (χ0) is 33.7. The Bertz CT molecular complexity index is 1970. The van der Waals surface area contributed by atoms with Crippen LogP contribution in [0, 0.1) is 0 Å². The average molecular weight is 660 g/mol. The first-order valence-corrected chi connectivity index (χ1v) is 20.4. The van der Waals surface area contributed by atoms with Crippen molar-refractivity contribution >= 4 is 36.8 Å². The van der Waals surface area contributed by atoms with Crippen LogP contribution in [0.1, 0.15) is 45.6 Å². The predicted octanol–water partition coefficient (Wildman–Crippen LogP) is 8.16. The van der Waals surface area contributed by atoms with Gasteiger partial charge in [-0.3, -0.25) is 4.57 Å². The van der Waals surface area contributed by atoms with Gasteiger partial charge in [0.15, 0.2) is 11.5 Å². The van der Waals surface area contributed by atoms with Crippen LogP contribution in [0.25, 0.3) is 39.5 Å². The van der Waals surface area contributed by atoms with Crippen LogP contribution in [0.4, 0.5) is 16.3 Å². The number of aromatic nitrogens is 4. The van der Waals surface area contributed by atoms with Gasteiger partial charge >= 0.3 is 6.09 Å². The maximum absolute atomic E-state index is 12.8. The summed E-state index contributed by atoms with van der Waals surface area (Å²) in [6.45, 7) is 12.9. The number of hydrogen-bond donors (Lipinski definition) is 2. The number of hydrogen-bond acceptors (Lipinski definition) is 7. The summed E-state index contributed by atoms with van der Waals surface area (Å²) < 4.78 is 7.67. The fourth-order valence-corrected chi connectivity index (χ4v) is 8.83. The second-order valence-electron chi connectivity index (χ2n) is 15.1. The first-order valence-electron chi connectivity index (χ1n) is 17.0. The van der Waals surface area contributed by atoms with Crippen LogP contribution in [0.15, 0.2) is 79.0 Å². The van der Waals surface area contributed by atoms with Crippen molar-refractivity contribution in [2.75, 3.05) is 23.7 Å². The molecule has 9 nitrogen and oxygen atoms in total. The van der Waals surface area contributed by atoms with Gasteiger partial charge in [-0.25, -0.2) is 19.7 Å². The van der Waals surface area contributed by atoms with Gasteiger partial charge in [0.05, 0.1) is 24.9 Å². The maximum atomic E-state index is 12.8. The molecule has 1 saturated carbocycles. The van der Waals surface area contributed by atoms with Crippen molar-refractivity contribution in [2.45, 2.75) is 76.4 Å². The van der Waals surface area contributed by atoms with Crippen LogP contribution >= 0.6 is 0 Å². The predicted molar refractivity (Wildman–Crippen MR) is 196 cm³/mol. The third-order valence-corrected chi connectivity index (χ3v) is 13.0. The number of imidazole rings is 1. The molecule has 1 saturated heterocycles. The van der Waals surface area contributed by atoms with Gasteiger partial charge < -0.3 is 20.7 Å². The molecule has 1 aliphatic carbocycles. The Balaban J connectivity index is 1.27. The second kappa shape index (κ2) is 12.1. The molecule has 3 N–H and O–H groups in total. The van der Waals surface area contributed by atoms with Crippen LogP contribution in [-0.2, 0) is 10.3 Å². The van der Waals surface area contributed by atoms with E-state index in [0.29, 0.717) is 11.6 Å². The van der Waals surface area contributed by atoms with Gasteiger partial charge in [-0.2, -0.15) is 0 Å². The van der Waals surface area contributed by atoms with Crippen molar-refractivity contribution < 1.29 is 9.53 Å². The summed E-state index contributed by atoms with van der Waals surface area (Å²) in [5.74, 6) is 1.08. The fourth-order valence-electron chi connectivity index (χ4n) is 6.83. The third-order valence-electron chi connectivity index (χ3n) is 9.83. The summed E-state index contributed by atoms with van der Waals surface area (Å²) in [4.78, 5) is 29.9. The minimum atomic E-state index is -1.07. The van der Waals surface area contributed by atoms with Crippen molar-refractivity contribution in [3.05, 3.63) is 84.6 Å². The lowest BCUT2D eigenvalue weighted by molar-refractivity contribution is 0.0377. The highest BCUT2D eigenvalue weighted by atomic mass is 28.3. The monoisotopic (exact) mass is 659 g/mol. The van der Waals surface area contributed by atoms with Crippen molar-refractivity contribution in [3.8, 4) is 28.3 Å². The van der Waals surface area contributed by atoms with E-state index in [2.05, 4.69) is 81.4 Å². The Labute approximate surface area is 283 Å². The summed E-state index contributed by atoms with van der Waals surface area (Å²) in [6, 6.07) is 27.6. The number of pyridine rings is 2. The summed E-state index contributed by atoms with van der Waals surface area (Å²) in [5.41, 5.74) is 12.8. The minimum absolute atomic E-state index is 0.395. The Kier molecular flexibility index (Phi) is 8.02. The van der Waals surface area contributed by atoms with E-state index in [-0.39, 0.29) is 0 Å². The molecule has 0 unspecified atom stereocenters. The smallest absolute Gasteiger partial charge is 0.408 e. The van der Waals surface area contributed by atoms with Crippen LogP contribution in [0.2, 0.25) is 25.2 Å². The number of anilines is 2. The first kappa shape index (κ1) is 31.9. The van der Waals surface area contributed by atoms with E-state index >= 15 is 0 Å². The number of nitrogens with one attached hydrogen (secondary N) is 1.